The monoisotopic (exact) mass is 308 g/mol. The predicted octanol–water partition coefficient (Wildman–Crippen LogP) is 1.37. The maximum absolute atomic E-state index is 10.8. The molecular weight excluding hydrogens is 292 g/mol. The van der Waals surface area contributed by atoms with E-state index in [0.717, 1.165) is 25.3 Å². The summed E-state index contributed by atoms with van der Waals surface area (Å²) < 4.78 is 0. The van der Waals surface area contributed by atoms with Crippen LogP contribution in [0.3, 0.4) is 0 Å². The van der Waals surface area contributed by atoms with Crippen LogP contribution >= 0.6 is 0 Å². The lowest BCUT2D eigenvalue weighted by molar-refractivity contribution is -0.118. The standard InChI is InChI=1S/C16H16N6O/c17-11-13-3-1-2-4-14(13)19-16-18-6-5-15(20-16)22-9-7-21(12-23)8-10-22/h1-6,12H,7-10H2,(H,18,19,20). The van der Waals surface area contributed by atoms with E-state index in [1.54, 1.807) is 17.2 Å². The molecule has 7 nitrogen and oxygen atoms in total. The molecule has 0 radical (unpaired) electrons. The highest BCUT2D eigenvalue weighted by atomic mass is 16.1. The first-order valence-electron chi connectivity index (χ1n) is 7.33. The smallest absolute Gasteiger partial charge is 0.229 e. The molecule has 1 aliphatic heterocycles. The Balaban J connectivity index is 1.75. The number of hydrogen-bond donors (Lipinski definition) is 1. The van der Waals surface area contributed by atoms with Gasteiger partial charge in [-0.1, -0.05) is 12.1 Å². The van der Waals surface area contributed by atoms with Crippen molar-refractivity contribution >= 4 is 23.9 Å². The van der Waals surface area contributed by atoms with E-state index in [0.29, 0.717) is 30.3 Å². The molecule has 2 aromatic rings. The van der Waals surface area contributed by atoms with Crippen LogP contribution in [0, 0.1) is 11.3 Å². The average molecular weight is 308 g/mol. The number of anilines is 3. The van der Waals surface area contributed by atoms with Gasteiger partial charge in [-0.15, -0.1) is 0 Å². The number of carbonyl (C=O) groups is 1. The largest absolute Gasteiger partial charge is 0.353 e. The molecule has 116 valence electrons. The molecule has 2 heterocycles. The van der Waals surface area contributed by atoms with Crippen molar-refractivity contribution in [1.29, 1.82) is 5.26 Å². The van der Waals surface area contributed by atoms with Crippen LogP contribution in [-0.2, 0) is 4.79 Å². The van der Waals surface area contributed by atoms with Gasteiger partial charge in [0, 0.05) is 32.4 Å². The van der Waals surface area contributed by atoms with Crippen molar-refractivity contribution in [2.75, 3.05) is 36.4 Å². The van der Waals surface area contributed by atoms with E-state index in [1.807, 2.05) is 24.3 Å². The van der Waals surface area contributed by atoms with Crippen molar-refractivity contribution in [3.05, 3.63) is 42.1 Å². The van der Waals surface area contributed by atoms with E-state index in [2.05, 4.69) is 26.3 Å². The number of hydrogen-bond acceptors (Lipinski definition) is 6. The summed E-state index contributed by atoms with van der Waals surface area (Å²) in [4.78, 5) is 23.3. The number of para-hydroxylation sites is 1. The van der Waals surface area contributed by atoms with Crippen LogP contribution in [0.4, 0.5) is 17.5 Å². The van der Waals surface area contributed by atoms with Crippen molar-refractivity contribution in [1.82, 2.24) is 14.9 Å². The third-order valence-corrected chi connectivity index (χ3v) is 3.72. The lowest BCUT2D eigenvalue weighted by Crippen LogP contribution is -2.46. The van der Waals surface area contributed by atoms with Crippen molar-refractivity contribution in [2.24, 2.45) is 0 Å². The molecule has 0 saturated carbocycles. The maximum Gasteiger partial charge on any atom is 0.229 e. The number of nitriles is 1. The molecule has 1 aromatic heterocycles. The molecule has 0 unspecified atom stereocenters. The van der Waals surface area contributed by atoms with E-state index >= 15 is 0 Å². The van der Waals surface area contributed by atoms with Gasteiger partial charge in [-0.05, 0) is 18.2 Å². The lowest BCUT2D eigenvalue weighted by Gasteiger charge is -2.33. The first-order valence-corrected chi connectivity index (χ1v) is 7.33. The van der Waals surface area contributed by atoms with Crippen LogP contribution in [0.25, 0.3) is 0 Å². The molecule has 1 N–H and O–H groups in total. The maximum atomic E-state index is 10.8. The second-order valence-corrected chi connectivity index (χ2v) is 5.15. The summed E-state index contributed by atoms with van der Waals surface area (Å²) in [7, 11) is 0. The van der Waals surface area contributed by atoms with Crippen LogP contribution in [0.5, 0.6) is 0 Å². The summed E-state index contributed by atoms with van der Waals surface area (Å²) in [6.45, 7) is 2.86. The number of rotatable bonds is 4. The number of aromatic nitrogens is 2. The summed E-state index contributed by atoms with van der Waals surface area (Å²) in [5.41, 5.74) is 1.22. The molecule has 1 amide bonds. The number of carbonyl (C=O) groups excluding carboxylic acids is 1. The Morgan fingerprint density at radius 3 is 2.70 bits per heavy atom. The quantitative estimate of drug-likeness (QED) is 0.859. The summed E-state index contributed by atoms with van der Waals surface area (Å²) in [5, 5.41) is 12.2. The molecule has 0 bridgehead atoms. The number of benzene rings is 1. The highest BCUT2D eigenvalue weighted by molar-refractivity contribution is 5.63. The summed E-state index contributed by atoms with van der Waals surface area (Å²) in [5.74, 6) is 1.26. The Morgan fingerprint density at radius 2 is 1.96 bits per heavy atom. The van der Waals surface area contributed by atoms with Crippen LogP contribution < -0.4 is 10.2 Å². The van der Waals surface area contributed by atoms with Gasteiger partial charge in [-0.25, -0.2) is 4.98 Å². The minimum atomic E-state index is 0.447. The van der Waals surface area contributed by atoms with E-state index in [1.165, 1.54) is 0 Å². The van der Waals surface area contributed by atoms with Crippen molar-refractivity contribution < 1.29 is 4.79 Å². The molecule has 1 aliphatic rings. The second-order valence-electron chi connectivity index (χ2n) is 5.15. The van der Waals surface area contributed by atoms with Gasteiger partial charge >= 0.3 is 0 Å². The van der Waals surface area contributed by atoms with E-state index < -0.39 is 0 Å². The highest BCUT2D eigenvalue weighted by Gasteiger charge is 2.17. The molecule has 0 spiro atoms. The lowest BCUT2D eigenvalue weighted by atomic mass is 10.2. The summed E-state index contributed by atoms with van der Waals surface area (Å²) in [6, 6.07) is 11.2. The van der Waals surface area contributed by atoms with Crippen molar-refractivity contribution in [3.63, 3.8) is 0 Å². The fourth-order valence-electron chi connectivity index (χ4n) is 2.45. The Morgan fingerprint density at radius 1 is 1.17 bits per heavy atom. The fraction of sp³-hybridized carbons (Fsp3) is 0.250. The SMILES string of the molecule is N#Cc1ccccc1Nc1nccc(N2CCN(C=O)CC2)n1. The predicted molar refractivity (Wildman–Crippen MR) is 86.3 cm³/mol. The van der Waals surface area contributed by atoms with Gasteiger partial charge in [-0.2, -0.15) is 10.2 Å². The Labute approximate surface area is 134 Å². The van der Waals surface area contributed by atoms with Gasteiger partial charge in [0.25, 0.3) is 0 Å². The highest BCUT2D eigenvalue weighted by Crippen LogP contribution is 2.20. The minimum absolute atomic E-state index is 0.447. The zero-order chi connectivity index (χ0) is 16.1. The second kappa shape index (κ2) is 6.75. The first kappa shape index (κ1) is 14.8. The summed E-state index contributed by atoms with van der Waals surface area (Å²) >= 11 is 0. The first-order chi connectivity index (χ1) is 11.3. The number of amides is 1. The molecule has 1 saturated heterocycles. The van der Waals surface area contributed by atoms with Gasteiger partial charge in [0.1, 0.15) is 11.9 Å². The third kappa shape index (κ3) is 3.37. The van der Waals surface area contributed by atoms with Crippen LogP contribution in [0.1, 0.15) is 5.56 Å². The fourth-order valence-corrected chi connectivity index (χ4v) is 2.45. The van der Waals surface area contributed by atoms with Crippen molar-refractivity contribution in [2.45, 2.75) is 0 Å². The molecule has 1 fully saturated rings. The van der Waals surface area contributed by atoms with E-state index in [-0.39, 0.29) is 0 Å². The van der Waals surface area contributed by atoms with Crippen LogP contribution in [0.15, 0.2) is 36.5 Å². The molecule has 7 heteroatoms. The minimum Gasteiger partial charge on any atom is -0.353 e. The zero-order valence-corrected chi connectivity index (χ0v) is 12.5. The van der Waals surface area contributed by atoms with Crippen molar-refractivity contribution in [3.8, 4) is 6.07 Å². The van der Waals surface area contributed by atoms with Gasteiger partial charge < -0.3 is 15.1 Å². The third-order valence-electron chi connectivity index (χ3n) is 3.72. The normalized spacial score (nSPS) is 14.2. The van der Waals surface area contributed by atoms with Gasteiger partial charge in [0.15, 0.2) is 0 Å². The van der Waals surface area contributed by atoms with Crippen LogP contribution in [0.2, 0.25) is 0 Å². The molecule has 0 aliphatic carbocycles. The number of nitrogens with zero attached hydrogens (tertiary/aromatic N) is 5. The molecule has 23 heavy (non-hydrogen) atoms. The number of piperazine rings is 1. The Kier molecular flexibility index (Phi) is 4.34. The topological polar surface area (TPSA) is 85.2 Å². The Hall–Kier alpha value is -3.14. The zero-order valence-electron chi connectivity index (χ0n) is 12.5. The Bertz CT molecular complexity index is 733. The molecule has 1 aromatic carbocycles. The number of nitrogens with one attached hydrogen (secondary N) is 1. The molecule has 0 atom stereocenters. The molecule has 3 rings (SSSR count). The van der Waals surface area contributed by atoms with Gasteiger partial charge in [0.2, 0.25) is 12.4 Å². The van der Waals surface area contributed by atoms with Crippen LogP contribution in [-0.4, -0.2) is 47.5 Å². The van der Waals surface area contributed by atoms with Gasteiger partial charge in [0.05, 0.1) is 11.3 Å². The van der Waals surface area contributed by atoms with Gasteiger partial charge in [-0.3, -0.25) is 4.79 Å². The summed E-state index contributed by atoms with van der Waals surface area (Å²) in [6.07, 6.45) is 2.56. The van der Waals surface area contributed by atoms with E-state index in [9.17, 15) is 4.79 Å². The average Bonchev–Trinajstić information content (AvgIpc) is 2.62. The van der Waals surface area contributed by atoms with E-state index in [4.69, 9.17) is 5.26 Å². The molecular formula is C16H16N6O.